The highest BCUT2D eigenvalue weighted by Crippen LogP contribution is 2.31. The van der Waals surface area contributed by atoms with Gasteiger partial charge in [0.25, 0.3) is 5.91 Å². The summed E-state index contributed by atoms with van der Waals surface area (Å²) in [5, 5.41) is 7.09. The number of amides is 2. The van der Waals surface area contributed by atoms with E-state index in [0.717, 1.165) is 39.9 Å². The molecule has 5 rings (SSSR count). The van der Waals surface area contributed by atoms with E-state index in [2.05, 4.69) is 15.3 Å². The van der Waals surface area contributed by atoms with Crippen molar-refractivity contribution >= 4 is 45.7 Å². The first-order chi connectivity index (χ1) is 17.5. The van der Waals surface area contributed by atoms with Crippen LogP contribution in [0.15, 0.2) is 54.0 Å². The van der Waals surface area contributed by atoms with Gasteiger partial charge in [0.2, 0.25) is 5.91 Å². The second kappa shape index (κ2) is 10.8. The lowest BCUT2D eigenvalue weighted by molar-refractivity contribution is -0.131. The van der Waals surface area contributed by atoms with Gasteiger partial charge in [0.1, 0.15) is 11.5 Å². The molecule has 2 N–H and O–H groups in total. The number of carbonyl (C=O) groups is 2. The number of piperidine rings is 1. The summed E-state index contributed by atoms with van der Waals surface area (Å²) < 4.78 is 13.6. The van der Waals surface area contributed by atoms with E-state index in [1.54, 1.807) is 17.5 Å². The monoisotopic (exact) mass is 524 g/mol. The number of likely N-dealkylation sites (tertiary alicyclic amines) is 1. The molecule has 6 nitrogen and oxygen atoms in total. The highest BCUT2D eigenvalue weighted by molar-refractivity contribution is 7.09. The predicted molar refractivity (Wildman–Crippen MR) is 140 cm³/mol. The molecule has 0 saturated carbocycles. The third kappa shape index (κ3) is 5.44. The van der Waals surface area contributed by atoms with Crippen LogP contribution < -0.4 is 5.32 Å². The maximum Gasteiger partial charge on any atom is 0.270 e. The molecule has 1 fully saturated rings. The minimum atomic E-state index is -0.279. The van der Waals surface area contributed by atoms with Crippen molar-refractivity contribution in [2.45, 2.75) is 31.6 Å². The van der Waals surface area contributed by atoms with Crippen molar-refractivity contribution in [1.82, 2.24) is 20.2 Å². The summed E-state index contributed by atoms with van der Waals surface area (Å²) in [6, 6.07) is 12.1. The number of halogens is 2. The molecule has 1 aliphatic heterocycles. The summed E-state index contributed by atoms with van der Waals surface area (Å²) in [5.74, 6) is -0.172. The third-order valence-electron chi connectivity index (χ3n) is 6.66. The Balaban J connectivity index is 1.11. The molecule has 186 valence electrons. The van der Waals surface area contributed by atoms with Gasteiger partial charge in [-0.2, -0.15) is 0 Å². The van der Waals surface area contributed by atoms with Gasteiger partial charge >= 0.3 is 0 Å². The van der Waals surface area contributed by atoms with Crippen LogP contribution in [0.3, 0.4) is 0 Å². The van der Waals surface area contributed by atoms with E-state index < -0.39 is 0 Å². The number of hydrogen-bond acceptors (Lipinski definition) is 4. The van der Waals surface area contributed by atoms with Crippen LogP contribution in [0.5, 0.6) is 0 Å². The number of carbonyl (C=O) groups excluding carboxylic acids is 2. The fourth-order valence-electron chi connectivity index (χ4n) is 4.63. The molecule has 0 unspecified atom stereocenters. The average molecular weight is 525 g/mol. The zero-order valence-corrected chi connectivity index (χ0v) is 21.2. The van der Waals surface area contributed by atoms with E-state index in [0.29, 0.717) is 43.2 Å². The molecule has 2 aromatic carbocycles. The van der Waals surface area contributed by atoms with E-state index in [4.69, 9.17) is 11.6 Å². The molecule has 0 radical (unpaired) electrons. The van der Waals surface area contributed by atoms with Crippen molar-refractivity contribution in [3.05, 3.63) is 86.7 Å². The van der Waals surface area contributed by atoms with Crippen molar-refractivity contribution in [3.8, 4) is 0 Å². The number of aromatic nitrogens is 2. The van der Waals surface area contributed by atoms with Gasteiger partial charge in [-0.1, -0.05) is 29.8 Å². The van der Waals surface area contributed by atoms with Gasteiger partial charge in [0.05, 0.1) is 11.4 Å². The molecule has 0 bridgehead atoms. The van der Waals surface area contributed by atoms with Crippen LogP contribution in [0.2, 0.25) is 5.02 Å². The molecular weight excluding hydrogens is 499 g/mol. The summed E-state index contributed by atoms with van der Waals surface area (Å²) in [6.45, 7) is 1.77. The first-order valence-electron chi connectivity index (χ1n) is 12.0. The number of rotatable bonds is 7. The third-order valence-corrected chi connectivity index (χ3v) is 8.04. The fourth-order valence-corrected chi connectivity index (χ4v) is 5.80. The molecule has 0 atom stereocenters. The lowest BCUT2D eigenvalue weighted by Gasteiger charge is -2.31. The minimum absolute atomic E-state index is 0.0821. The Bertz CT molecular complexity index is 1390. The van der Waals surface area contributed by atoms with E-state index in [1.807, 2.05) is 29.3 Å². The van der Waals surface area contributed by atoms with Crippen molar-refractivity contribution in [2.75, 3.05) is 19.6 Å². The summed E-state index contributed by atoms with van der Waals surface area (Å²) in [6.07, 6.45) is 4.38. The van der Waals surface area contributed by atoms with Crippen molar-refractivity contribution in [1.29, 1.82) is 0 Å². The number of aromatic amines is 1. The highest BCUT2D eigenvalue weighted by atomic mass is 35.5. The molecule has 2 amide bonds. The van der Waals surface area contributed by atoms with E-state index in [9.17, 15) is 14.0 Å². The second-order valence-corrected chi connectivity index (χ2v) is 10.3. The number of hydrogen-bond donors (Lipinski definition) is 2. The van der Waals surface area contributed by atoms with Crippen LogP contribution in [0.1, 0.15) is 45.4 Å². The van der Waals surface area contributed by atoms with E-state index in [1.165, 1.54) is 23.5 Å². The number of nitrogens with zero attached hydrogens (tertiary/aromatic N) is 2. The summed E-state index contributed by atoms with van der Waals surface area (Å²) in [5.41, 5.74) is 3.09. The zero-order chi connectivity index (χ0) is 25.1. The molecule has 3 heterocycles. The Morgan fingerprint density at radius 3 is 2.78 bits per heavy atom. The van der Waals surface area contributed by atoms with Crippen molar-refractivity contribution in [3.63, 3.8) is 0 Å². The zero-order valence-electron chi connectivity index (χ0n) is 19.6. The topological polar surface area (TPSA) is 78.1 Å². The molecule has 0 aliphatic carbocycles. The first-order valence-corrected chi connectivity index (χ1v) is 13.2. The molecule has 1 aliphatic rings. The van der Waals surface area contributed by atoms with Gasteiger partial charge in [0.15, 0.2) is 0 Å². The maximum atomic E-state index is 13.6. The summed E-state index contributed by atoms with van der Waals surface area (Å²) in [4.78, 5) is 34.9. The molecule has 36 heavy (non-hydrogen) atoms. The fraction of sp³-hybridized carbons (Fsp3) is 0.296. The van der Waals surface area contributed by atoms with Gasteiger partial charge in [0, 0.05) is 53.1 Å². The molecule has 9 heteroatoms. The number of nitrogens with one attached hydrogen (secondary N) is 2. The average Bonchev–Trinajstić information content (AvgIpc) is 3.53. The van der Waals surface area contributed by atoms with Gasteiger partial charge in [-0.25, -0.2) is 9.37 Å². The Hall–Kier alpha value is -3.23. The normalized spacial score (nSPS) is 14.3. The summed E-state index contributed by atoms with van der Waals surface area (Å²) in [7, 11) is 0. The van der Waals surface area contributed by atoms with Gasteiger partial charge in [-0.05, 0) is 54.7 Å². The van der Waals surface area contributed by atoms with Crippen LogP contribution in [0.25, 0.3) is 10.9 Å². The van der Waals surface area contributed by atoms with Crippen molar-refractivity contribution < 1.29 is 14.0 Å². The Labute approximate surface area is 217 Å². The van der Waals surface area contributed by atoms with Gasteiger partial charge in [-0.15, -0.1) is 11.3 Å². The maximum absolute atomic E-state index is 13.6. The van der Waals surface area contributed by atoms with Gasteiger partial charge in [-0.3, -0.25) is 9.59 Å². The molecular formula is C27H26ClFN4O2S. The quantitative estimate of drug-likeness (QED) is 0.342. The van der Waals surface area contributed by atoms with Crippen LogP contribution >= 0.6 is 22.9 Å². The van der Waals surface area contributed by atoms with Crippen LogP contribution in [0, 0.1) is 5.82 Å². The molecule has 1 saturated heterocycles. The lowest BCUT2D eigenvalue weighted by atomic mass is 9.97. The van der Waals surface area contributed by atoms with Crippen LogP contribution in [0.4, 0.5) is 4.39 Å². The molecule has 2 aromatic heterocycles. The Morgan fingerprint density at radius 2 is 1.97 bits per heavy atom. The largest absolute Gasteiger partial charge is 0.361 e. The Kier molecular flexibility index (Phi) is 7.34. The molecule has 4 aromatic rings. The Morgan fingerprint density at radius 1 is 1.17 bits per heavy atom. The smallest absolute Gasteiger partial charge is 0.270 e. The molecule has 0 spiro atoms. The first kappa shape index (κ1) is 24.5. The van der Waals surface area contributed by atoms with Crippen LogP contribution in [-0.2, 0) is 17.6 Å². The van der Waals surface area contributed by atoms with E-state index in [-0.39, 0.29) is 23.5 Å². The van der Waals surface area contributed by atoms with E-state index >= 15 is 0 Å². The summed E-state index contributed by atoms with van der Waals surface area (Å²) >= 11 is 7.69. The SMILES string of the molecule is O=C(NCCc1c[nH]c2ccc(F)cc12)c1csc(C2CCN(C(=O)Cc3ccccc3Cl)CC2)n1. The minimum Gasteiger partial charge on any atom is -0.361 e. The number of fused-ring (bicyclic) bond motifs is 1. The van der Waals surface area contributed by atoms with Crippen LogP contribution in [-0.4, -0.2) is 46.3 Å². The van der Waals surface area contributed by atoms with Crippen molar-refractivity contribution in [2.24, 2.45) is 0 Å². The second-order valence-electron chi connectivity index (χ2n) is 9.00. The standard InChI is InChI=1S/C27H26ClFN4O2S/c28-22-4-2-1-3-18(22)13-25(34)33-11-8-17(9-12-33)27-32-24(16-36-27)26(35)30-10-7-19-15-31-23-6-5-20(29)14-21(19)23/h1-6,14-17,31H,7-13H2,(H,30,35). The number of benzene rings is 2. The lowest BCUT2D eigenvalue weighted by Crippen LogP contribution is -2.38. The highest BCUT2D eigenvalue weighted by Gasteiger charge is 2.26. The number of H-pyrrole nitrogens is 1. The van der Waals surface area contributed by atoms with Gasteiger partial charge < -0.3 is 15.2 Å². The number of thiazole rings is 1. The predicted octanol–water partition coefficient (Wildman–Crippen LogP) is 5.34.